The molecule has 0 atom stereocenters. The Morgan fingerprint density at radius 3 is 3.00 bits per heavy atom. The Kier molecular flexibility index (Phi) is 2.27. The maximum absolute atomic E-state index is 11.1. The van der Waals surface area contributed by atoms with Gasteiger partial charge < -0.3 is 14.4 Å². The maximum Gasteiger partial charge on any atom is 0.333 e. The van der Waals surface area contributed by atoms with E-state index in [1.165, 1.54) is 5.56 Å². The molecule has 100 valence electrons. The Morgan fingerprint density at radius 2 is 2.15 bits per heavy atom. The third kappa shape index (κ3) is 1.51. The summed E-state index contributed by atoms with van der Waals surface area (Å²) >= 11 is 0. The third-order valence-corrected chi connectivity index (χ3v) is 3.94. The zero-order valence-electron chi connectivity index (χ0n) is 10.8. The Hall–Kier alpha value is -2.49. The smallest absolute Gasteiger partial charge is 0.333 e. The van der Waals surface area contributed by atoms with Gasteiger partial charge in [0.15, 0.2) is 5.76 Å². The van der Waals surface area contributed by atoms with Crippen LogP contribution in [0.4, 0.5) is 0 Å². The molecule has 20 heavy (non-hydrogen) atoms. The van der Waals surface area contributed by atoms with Gasteiger partial charge in [0.25, 0.3) is 0 Å². The molecule has 0 bridgehead atoms. The normalized spacial score (nSPS) is 17.3. The highest BCUT2D eigenvalue weighted by Gasteiger charge is 2.28. The zero-order valence-corrected chi connectivity index (χ0v) is 10.8. The summed E-state index contributed by atoms with van der Waals surface area (Å²) in [7, 11) is 0. The van der Waals surface area contributed by atoms with Crippen LogP contribution in [0.15, 0.2) is 46.5 Å². The van der Waals surface area contributed by atoms with Crippen molar-refractivity contribution in [1.29, 1.82) is 0 Å². The van der Waals surface area contributed by atoms with Crippen LogP contribution >= 0.6 is 0 Å². The summed E-state index contributed by atoms with van der Waals surface area (Å²) in [6, 6.07) is 8.03. The number of fused-ring (bicyclic) bond motifs is 5. The van der Waals surface area contributed by atoms with Gasteiger partial charge in [-0.15, -0.1) is 0 Å². The minimum absolute atomic E-state index is 0.424. The maximum atomic E-state index is 11.1. The fraction of sp³-hybridized carbons (Fsp3) is 0.188. The molecule has 2 aliphatic rings. The molecule has 0 saturated carbocycles. The minimum Gasteiger partial charge on any atom is -0.478 e. The molecule has 2 aromatic rings. The van der Waals surface area contributed by atoms with Crippen molar-refractivity contribution in [3.05, 3.63) is 53.4 Å². The van der Waals surface area contributed by atoms with Crippen molar-refractivity contribution >= 4 is 22.6 Å². The second-order valence-electron chi connectivity index (χ2n) is 5.10. The molecule has 1 N–H and O–H groups in total. The average molecular weight is 267 g/mol. The molecule has 0 saturated heterocycles. The summed E-state index contributed by atoms with van der Waals surface area (Å²) in [5.41, 5.74) is 3.55. The molecule has 4 nitrogen and oxygen atoms in total. The molecule has 0 aliphatic carbocycles. The third-order valence-electron chi connectivity index (χ3n) is 3.94. The predicted octanol–water partition coefficient (Wildman–Crippen LogP) is 3.00. The molecule has 1 aromatic heterocycles. The van der Waals surface area contributed by atoms with Gasteiger partial charge in [0.1, 0.15) is 5.58 Å². The highest BCUT2D eigenvalue weighted by atomic mass is 16.4. The second-order valence-corrected chi connectivity index (χ2v) is 5.10. The number of hydrogen-bond donors (Lipinski definition) is 1. The van der Waals surface area contributed by atoms with Crippen molar-refractivity contribution in [1.82, 2.24) is 4.90 Å². The van der Waals surface area contributed by atoms with Gasteiger partial charge >= 0.3 is 5.97 Å². The summed E-state index contributed by atoms with van der Waals surface area (Å²) in [5, 5.41) is 10.3. The Morgan fingerprint density at radius 1 is 1.30 bits per heavy atom. The number of para-hydroxylation sites is 1. The van der Waals surface area contributed by atoms with Crippen molar-refractivity contribution in [3.8, 4) is 0 Å². The van der Waals surface area contributed by atoms with E-state index >= 15 is 0 Å². The van der Waals surface area contributed by atoms with E-state index in [0.717, 1.165) is 35.4 Å². The standard InChI is InChI=1S/C16H13NO3/c18-16(19)10-5-6-13-15-12(7-8-17(13)9-10)11-3-1-2-4-14(11)20-15/h1-4,6,9H,5,7-8H2,(H,18,19). The van der Waals surface area contributed by atoms with E-state index in [1.54, 1.807) is 6.20 Å². The lowest BCUT2D eigenvalue weighted by Crippen LogP contribution is -2.27. The fourth-order valence-corrected chi connectivity index (χ4v) is 2.97. The van der Waals surface area contributed by atoms with Crippen molar-refractivity contribution in [3.63, 3.8) is 0 Å². The summed E-state index contributed by atoms with van der Waals surface area (Å²) in [4.78, 5) is 13.1. The Bertz CT molecular complexity index is 782. The van der Waals surface area contributed by atoms with Gasteiger partial charge in [0, 0.05) is 30.1 Å². The number of aliphatic carboxylic acids is 1. The van der Waals surface area contributed by atoms with Crippen LogP contribution in [0, 0.1) is 0 Å². The minimum atomic E-state index is -0.851. The molecule has 0 unspecified atom stereocenters. The van der Waals surface area contributed by atoms with Crippen LogP contribution in [0.25, 0.3) is 16.7 Å². The Labute approximate surface area is 115 Å². The molecule has 0 radical (unpaired) electrons. The lowest BCUT2D eigenvalue weighted by atomic mass is 9.98. The monoisotopic (exact) mass is 267 g/mol. The summed E-state index contributed by atoms with van der Waals surface area (Å²) in [6.07, 6.45) is 4.99. The predicted molar refractivity (Wildman–Crippen MR) is 74.9 cm³/mol. The Balaban J connectivity index is 1.84. The number of hydrogen-bond acceptors (Lipinski definition) is 3. The lowest BCUT2D eigenvalue weighted by Gasteiger charge is -2.30. The number of allylic oxidation sites excluding steroid dienone is 1. The van der Waals surface area contributed by atoms with Crippen LogP contribution < -0.4 is 0 Å². The van der Waals surface area contributed by atoms with Crippen LogP contribution in [0.5, 0.6) is 0 Å². The number of carboxylic acids is 1. The number of furan rings is 1. The first-order valence-electron chi connectivity index (χ1n) is 6.65. The molecule has 0 spiro atoms. The summed E-state index contributed by atoms with van der Waals surface area (Å²) in [5.74, 6) is 0.0360. The fourth-order valence-electron chi connectivity index (χ4n) is 2.97. The van der Waals surface area contributed by atoms with E-state index < -0.39 is 5.97 Å². The van der Waals surface area contributed by atoms with E-state index in [9.17, 15) is 4.79 Å². The van der Waals surface area contributed by atoms with Crippen LogP contribution in [-0.4, -0.2) is 22.5 Å². The summed E-state index contributed by atoms with van der Waals surface area (Å²) in [6.45, 7) is 0.791. The lowest BCUT2D eigenvalue weighted by molar-refractivity contribution is -0.132. The topological polar surface area (TPSA) is 53.7 Å². The van der Waals surface area contributed by atoms with Crippen LogP contribution in [0.3, 0.4) is 0 Å². The molecule has 1 aromatic carbocycles. The van der Waals surface area contributed by atoms with Crippen molar-refractivity contribution in [2.24, 2.45) is 0 Å². The van der Waals surface area contributed by atoms with Crippen LogP contribution in [0.1, 0.15) is 17.7 Å². The largest absolute Gasteiger partial charge is 0.478 e. The van der Waals surface area contributed by atoms with Crippen LogP contribution in [-0.2, 0) is 11.2 Å². The van der Waals surface area contributed by atoms with Crippen molar-refractivity contribution in [2.45, 2.75) is 12.8 Å². The molecular formula is C16H13NO3. The number of rotatable bonds is 1. The van der Waals surface area contributed by atoms with Gasteiger partial charge in [0.2, 0.25) is 0 Å². The first-order chi connectivity index (χ1) is 9.74. The van der Waals surface area contributed by atoms with E-state index in [1.807, 2.05) is 29.2 Å². The SMILES string of the molecule is O=C(O)C1=CN2CCc3c(oc4ccccc34)C2=CC1. The van der Waals surface area contributed by atoms with Gasteiger partial charge in [-0.1, -0.05) is 24.3 Å². The highest BCUT2D eigenvalue weighted by Crippen LogP contribution is 2.38. The first kappa shape index (κ1) is 11.3. The molecule has 0 amide bonds. The van der Waals surface area contributed by atoms with Gasteiger partial charge in [0.05, 0.1) is 11.3 Å². The van der Waals surface area contributed by atoms with E-state index in [-0.39, 0.29) is 0 Å². The highest BCUT2D eigenvalue weighted by molar-refractivity contribution is 5.91. The quantitative estimate of drug-likeness (QED) is 0.863. The first-order valence-corrected chi connectivity index (χ1v) is 6.65. The number of nitrogens with zero attached hydrogens (tertiary/aromatic N) is 1. The molecular weight excluding hydrogens is 254 g/mol. The molecule has 2 aliphatic heterocycles. The number of carboxylic acid groups (broad SMARTS) is 1. The molecule has 4 heteroatoms. The number of carbonyl (C=O) groups is 1. The average Bonchev–Trinajstić information content (AvgIpc) is 2.85. The molecule has 3 heterocycles. The van der Waals surface area contributed by atoms with Gasteiger partial charge in [-0.2, -0.15) is 0 Å². The summed E-state index contributed by atoms with van der Waals surface area (Å²) < 4.78 is 5.97. The number of benzene rings is 1. The van der Waals surface area contributed by atoms with Crippen molar-refractivity contribution < 1.29 is 14.3 Å². The van der Waals surface area contributed by atoms with Crippen molar-refractivity contribution in [2.75, 3.05) is 6.54 Å². The molecule has 4 rings (SSSR count). The van der Waals surface area contributed by atoms with Crippen LogP contribution in [0.2, 0.25) is 0 Å². The van der Waals surface area contributed by atoms with Gasteiger partial charge in [-0.3, -0.25) is 0 Å². The van der Waals surface area contributed by atoms with E-state index in [4.69, 9.17) is 9.52 Å². The zero-order chi connectivity index (χ0) is 13.7. The van der Waals surface area contributed by atoms with Gasteiger partial charge in [-0.25, -0.2) is 4.79 Å². The van der Waals surface area contributed by atoms with Gasteiger partial charge in [-0.05, 0) is 12.5 Å². The van der Waals surface area contributed by atoms with E-state index in [2.05, 4.69) is 6.07 Å². The molecule has 0 fully saturated rings. The van der Waals surface area contributed by atoms with E-state index in [0.29, 0.717) is 12.0 Å². The second kappa shape index (κ2) is 4.00.